The molecular formula is C18H20F2N2O. The Bertz CT molecular complexity index is 661. The van der Waals surface area contributed by atoms with E-state index < -0.39 is 17.7 Å². The van der Waals surface area contributed by atoms with Crippen LogP contribution in [0.3, 0.4) is 0 Å². The molecule has 2 aromatic carbocycles. The lowest BCUT2D eigenvalue weighted by molar-refractivity contribution is -0.121. The van der Waals surface area contributed by atoms with Gasteiger partial charge in [-0.3, -0.25) is 4.79 Å². The Morgan fingerprint density at radius 2 is 1.74 bits per heavy atom. The molecule has 2 rings (SSSR count). The Kier molecular flexibility index (Phi) is 5.82. The summed E-state index contributed by atoms with van der Waals surface area (Å²) in [4.78, 5) is 12.0. The van der Waals surface area contributed by atoms with Crippen molar-refractivity contribution in [1.29, 1.82) is 0 Å². The second-order valence-electron chi connectivity index (χ2n) is 5.47. The maximum atomic E-state index is 13.7. The van der Waals surface area contributed by atoms with E-state index in [0.29, 0.717) is 5.56 Å². The van der Waals surface area contributed by atoms with Gasteiger partial charge in [0.1, 0.15) is 11.6 Å². The summed E-state index contributed by atoms with van der Waals surface area (Å²) >= 11 is 0. The van der Waals surface area contributed by atoms with Crippen molar-refractivity contribution in [1.82, 2.24) is 10.6 Å². The zero-order valence-corrected chi connectivity index (χ0v) is 13.1. The summed E-state index contributed by atoms with van der Waals surface area (Å²) in [6.45, 7) is 3.68. The van der Waals surface area contributed by atoms with Gasteiger partial charge in [-0.1, -0.05) is 36.4 Å². The van der Waals surface area contributed by atoms with Crippen LogP contribution >= 0.6 is 0 Å². The first-order chi connectivity index (χ1) is 11.0. The molecule has 0 aliphatic carbocycles. The van der Waals surface area contributed by atoms with Crippen LogP contribution in [0.4, 0.5) is 8.78 Å². The Balaban J connectivity index is 1.86. The van der Waals surface area contributed by atoms with Crippen molar-refractivity contribution in [3.05, 3.63) is 71.3 Å². The molecule has 0 spiro atoms. The third-order valence-corrected chi connectivity index (χ3v) is 3.67. The summed E-state index contributed by atoms with van der Waals surface area (Å²) in [5.74, 6) is -1.42. The molecule has 0 aliphatic rings. The van der Waals surface area contributed by atoms with Gasteiger partial charge in [0.2, 0.25) is 5.91 Å². The van der Waals surface area contributed by atoms with Crippen LogP contribution in [0, 0.1) is 11.6 Å². The van der Waals surface area contributed by atoms with Gasteiger partial charge in [0.25, 0.3) is 0 Å². The predicted molar refractivity (Wildman–Crippen MR) is 85.8 cm³/mol. The fourth-order valence-electron chi connectivity index (χ4n) is 2.33. The topological polar surface area (TPSA) is 41.1 Å². The molecule has 23 heavy (non-hydrogen) atoms. The molecule has 0 bridgehead atoms. The number of nitrogens with one attached hydrogen (secondary N) is 2. The minimum Gasteiger partial charge on any atom is -0.348 e. The van der Waals surface area contributed by atoms with Crippen LogP contribution in [0.25, 0.3) is 0 Å². The van der Waals surface area contributed by atoms with Gasteiger partial charge in [-0.15, -0.1) is 0 Å². The second kappa shape index (κ2) is 7.83. The molecule has 0 unspecified atom stereocenters. The highest BCUT2D eigenvalue weighted by atomic mass is 19.1. The normalized spacial score (nSPS) is 13.4. The van der Waals surface area contributed by atoms with Gasteiger partial charge in [-0.2, -0.15) is 0 Å². The lowest BCUT2D eigenvalue weighted by Crippen LogP contribution is -2.36. The number of hydrogen-bond acceptors (Lipinski definition) is 2. The molecule has 0 heterocycles. The minimum absolute atomic E-state index is 0.0508. The Morgan fingerprint density at radius 1 is 1.04 bits per heavy atom. The van der Waals surface area contributed by atoms with E-state index in [9.17, 15) is 13.6 Å². The number of carbonyl (C=O) groups excluding carboxylic acids is 1. The maximum absolute atomic E-state index is 13.7. The zero-order valence-electron chi connectivity index (χ0n) is 13.1. The molecule has 0 saturated carbocycles. The fourth-order valence-corrected chi connectivity index (χ4v) is 2.33. The van der Waals surface area contributed by atoms with Crippen molar-refractivity contribution in [3.63, 3.8) is 0 Å². The van der Waals surface area contributed by atoms with Crippen molar-refractivity contribution in [2.24, 2.45) is 0 Å². The highest BCUT2D eigenvalue weighted by molar-refractivity contribution is 5.78. The van der Waals surface area contributed by atoms with E-state index >= 15 is 0 Å². The van der Waals surface area contributed by atoms with Crippen LogP contribution in [0.15, 0.2) is 48.5 Å². The van der Waals surface area contributed by atoms with Gasteiger partial charge in [0, 0.05) is 17.7 Å². The molecule has 0 fully saturated rings. The van der Waals surface area contributed by atoms with Gasteiger partial charge < -0.3 is 10.6 Å². The summed E-state index contributed by atoms with van der Waals surface area (Å²) in [6, 6.07) is 12.5. The van der Waals surface area contributed by atoms with E-state index in [0.717, 1.165) is 11.6 Å². The van der Waals surface area contributed by atoms with E-state index in [1.165, 1.54) is 12.1 Å². The first-order valence-corrected chi connectivity index (χ1v) is 7.50. The van der Waals surface area contributed by atoms with Crippen LogP contribution in [-0.4, -0.2) is 12.5 Å². The number of hydrogen-bond donors (Lipinski definition) is 2. The molecule has 0 aliphatic heterocycles. The predicted octanol–water partition coefficient (Wildman–Crippen LogP) is 3.49. The van der Waals surface area contributed by atoms with Gasteiger partial charge in [0.15, 0.2) is 0 Å². The largest absolute Gasteiger partial charge is 0.348 e. The Hall–Kier alpha value is -2.27. The molecule has 3 nitrogen and oxygen atoms in total. The van der Waals surface area contributed by atoms with Crippen LogP contribution < -0.4 is 10.6 Å². The standard InChI is InChI=1S/C18H20F2N2O/c1-12(14-6-4-3-5-7-14)22-18(23)11-21-13(2)16-9-8-15(19)10-17(16)20/h3-10,12-13,21H,11H2,1-2H3,(H,22,23)/t12-,13+/m0/s1. The number of halogens is 2. The van der Waals surface area contributed by atoms with Crippen LogP contribution in [-0.2, 0) is 4.79 Å². The molecule has 1 amide bonds. The third-order valence-electron chi connectivity index (χ3n) is 3.67. The third kappa shape index (κ3) is 4.86. The summed E-state index contributed by atoms with van der Waals surface area (Å²) in [6.07, 6.45) is 0. The van der Waals surface area contributed by atoms with Crippen LogP contribution in [0.5, 0.6) is 0 Å². The molecule has 5 heteroatoms. The number of amides is 1. The SMILES string of the molecule is C[C@H](NC(=O)CN[C@H](C)c1ccc(F)cc1F)c1ccccc1. The van der Waals surface area contributed by atoms with Gasteiger partial charge in [-0.25, -0.2) is 8.78 Å². The van der Waals surface area contributed by atoms with Crippen molar-refractivity contribution in [3.8, 4) is 0 Å². The quantitative estimate of drug-likeness (QED) is 0.856. The maximum Gasteiger partial charge on any atom is 0.234 e. The average molecular weight is 318 g/mol. The lowest BCUT2D eigenvalue weighted by Gasteiger charge is -2.17. The fraction of sp³-hybridized carbons (Fsp3) is 0.278. The van der Waals surface area contributed by atoms with E-state index in [-0.39, 0.29) is 18.5 Å². The Morgan fingerprint density at radius 3 is 2.39 bits per heavy atom. The van der Waals surface area contributed by atoms with Crippen molar-refractivity contribution < 1.29 is 13.6 Å². The number of rotatable bonds is 6. The van der Waals surface area contributed by atoms with Gasteiger partial charge >= 0.3 is 0 Å². The van der Waals surface area contributed by atoms with E-state index in [1.54, 1.807) is 6.92 Å². The van der Waals surface area contributed by atoms with Crippen molar-refractivity contribution in [2.45, 2.75) is 25.9 Å². The first-order valence-electron chi connectivity index (χ1n) is 7.50. The molecule has 2 aromatic rings. The highest BCUT2D eigenvalue weighted by Crippen LogP contribution is 2.17. The molecule has 0 aromatic heterocycles. The number of benzene rings is 2. The summed E-state index contributed by atoms with van der Waals surface area (Å²) in [5.41, 5.74) is 1.34. The second-order valence-corrected chi connectivity index (χ2v) is 5.47. The molecule has 0 radical (unpaired) electrons. The molecule has 2 N–H and O–H groups in total. The molecule has 2 atom stereocenters. The molecule has 122 valence electrons. The van der Waals surface area contributed by atoms with Crippen LogP contribution in [0.2, 0.25) is 0 Å². The molecular weight excluding hydrogens is 298 g/mol. The summed E-state index contributed by atoms with van der Waals surface area (Å²) < 4.78 is 26.6. The van der Waals surface area contributed by atoms with E-state index in [4.69, 9.17) is 0 Å². The molecule has 0 saturated heterocycles. The smallest absolute Gasteiger partial charge is 0.234 e. The van der Waals surface area contributed by atoms with Crippen molar-refractivity contribution in [2.75, 3.05) is 6.54 Å². The highest BCUT2D eigenvalue weighted by Gasteiger charge is 2.14. The zero-order chi connectivity index (χ0) is 16.8. The average Bonchev–Trinajstić information content (AvgIpc) is 2.53. The summed E-state index contributed by atoms with van der Waals surface area (Å²) in [7, 11) is 0. The summed E-state index contributed by atoms with van der Waals surface area (Å²) in [5, 5.41) is 5.81. The number of carbonyl (C=O) groups is 1. The van der Waals surface area contributed by atoms with Gasteiger partial charge in [-0.05, 0) is 25.5 Å². The Labute approximate surface area is 134 Å². The van der Waals surface area contributed by atoms with E-state index in [1.807, 2.05) is 37.3 Å². The first kappa shape index (κ1) is 17.1. The lowest BCUT2D eigenvalue weighted by atomic mass is 10.1. The van der Waals surface area contributed by atoms with Gasteiger partial charge in [0.05, 0.1) is 12.6 Å². The minimum atomic E-state index is -0.622. The van der Waals surface area contributed by atoms with Crippen LogP contribution in [0.1, 0.15) is 37.1 Å². The van der Waals surface area contributed by atoms with Crippen molar-refractivity contribution >= 4 is 5.91 Å². The monoisotopic (exact) mass is 318 g/mol. The van der Waals surface area contributed by atoms with E-state index in [2.05, 4.69) is 10.6 Å².